The lowest BCUT2D eigenvalue weighted by Crippen LogP contribution is -2.26. The minimum Gasteiger partial charge on any atom is -0.380 e. The number of ether oxygens (including phenoxy) is 1. The van der Waals surface area contributed by atoms with Crippen LogP contribution in [0.1, 0.15) is 6.42 Å². The molecule has 0 unspecified atom stereocenters. The van der Waals surface area contributed by atoms with Crippen LogP contribution in [0, 0.1) is 0 Å². The summed E-state index contributed by atoms with van der Waals surface area (Å²) in [6, 6.07) is 2.04. The van der Waals surface area contributed by atoms with Gasteiger partial charge in [0.1, 0.15) is 0 Å². The Labute approximate surface area is 92.2 Å². The third-order valence-corrected chi connectivity index (χ3v) is 2.92. The number of hydrogen-bond donors (Lipinski definition) is 0. The molecule has 2 rings (SSSR count). The average molecular weight is 257 g/mol. The van der Waals surface area contributed by atoms with Crippen LogP contribution in [-0.4, -0.2) is 31.3 Å². The van der Waals surface area contributed by atoms with Gasteiger partial charge in [-0.25, -0.2) is 0 Å². The molecule has 0 aromatic carbocycles. The van der Waals surface area contributed by atoms with E-state index in [-0.39, 0.29) is 0 Å². The van der Waals surface area contributed by atoms with Gasteiger partial charge in [-0.05, 0) is 28.4 Å². The fourth-order valence-electron chi connectivity index (χ4n) is 1.61. The van der Waals surface area contributed by atoms with Gasteiger partial charge in [0.05, 0.1) is 16.8 Å². The first-order chi connectivity index (χ1) is 6.88. The summed E-state index contributed by atoms with van der Waals surface area (Å²) in [5.74, 6) is 0. The van der Waals surface area contributed by atoms with E-state index in [1.807, 2.05) is 18.5 Å². The standard InChI is InChI=1S/C10H13BrN2O/c11-9-8-12-3-2-10(9)13-4-1-6-14-7-5-13/h2-3,8H,1,4-7H2. The van der Waals surface area contributed by atoms with Gasteiger partial charge in [0.15, 0.2) is 0 Å². The summed E-state index contributed by atoms with van der Waals surface area (Å²) in [5, 5.41) is 0. The molecule has 76 valence electrons. The topological polar surface area (TPSA) is 25.4 Å². The van der Waals surface area contributed by atoms with Crippen LogP contribution >= 0.6 is 15.9 Å². The molecule has 0 spiro atoms. The van der Waals surface area contributed by atoms with Crippen molar-refractivity contribution in [2.75, 3.05) is 31.2 Å². The van der Waals surface area contributed by atoms with E-state index in [2.05, 4.69) is 25.8 Å². The molecule has 2 heterocycles. The summed E-state index contributed by atoms with van der Waals surface area (Å²) >= 11 is 3.51. The van der Waals surface area contributed by atoms with Crippen molar-refractivity contribution < 1.29 is 4.74 Å². The summed E-state index contributed by atoms with van der Waals surface area (Å²) in [7, 11) is 0. The summed E-state index contributed by atoms with van der Waals surface area (Å²) in [6.45, 7) is 3.71. The van der Waals surface area contributed by atoms with Crippen LogP contribution in [0.5, 0.6) is 0 Å². The van der Waals surface area contributed by atoms with Crippen LogP contribution in [0.3, 0.4) is 0 Å². The molecule has 0 atom stereocenters. The lowest BCUT2D eigenvalue weighted by molar-refractivity contribution is 0.152. The van der Waals surface area contributed by atoms with Crippen molar-refractivity contribution in [1.29, 1.82) is 0 Å². The quantitative estimate of drug-likeness (QED) is 0.770. The molecule has 1 fully saturated rings. The van der Waals surface area contributed by atoms with Crippen molar-refractivity contribution in [3.63, 3.8) is 0 Å². The molecule has 1 aliphatic rings. The molecular formula is C10H13BrN2O. The lowest BCUT2D eigenvalue weighted by Gasteiger charge is -2.22. The van der Waals surface area contributed by atoms with Crippen molar-refractivity contribution in [3.8, 4) is 0 Å². The number of aromatic nitrogens is 1. The Kier molecular flexibility index (Phi) is 3.37. The first kappa shape index (κ1) is 9.93. The van der Waals surface area contributed by atoms with Crippen LogP contribution in [-0.2, 0) is 4.74 Å². The average Bonchev–Trinajstić information content (AvgIpc) is 2.47. The summed E-state index contributed by atoms with van der Waals surface area (Å²) < 4.78 is 6.47. The Morgan fingerprint density at radius 2 is 2.29 bits per heavy atom. The molecule has 1 aromatic rings. The van der Waals surface area contributed by atoms with E-state index in [0.29, 0.717) is 0 Å². The van der Waals surface area contributed by atoms with Gasteiger partial charge in [-0.2, -0.15) is 0 Å². The second-order valence-corrected chi connectivity index (χ2v) is 4.13. The van der Waals surface area contributed by atoms with Crippen molar-refractivity contribution in [2.45, 2.75) is 6.42 Å². The van der Waals surface area contributed by atoms with Crippen LogP contribution < -0.4 is 4.90 Å². The Balaban J connectivity index is 2.16. The first-order valence-electron chi connectivity index (χ1n) is 4.80. The van der Waals surface area contributed by atoms with Gasteiger partial charge in [0.2, 0.25) is 0 Å². The molecule has 1 aliphatic heterocycles. The number of nitrogens with zero attached hydrogens (tertiary/aromatic N) is 2. The molecule has 1 aromatic heterocycles. The fraction of sp³-hybridized carbons (Fsp3) is 0.500. The summed E-state index contributed by atoms with van der Waals surface area (Å²) in [4.78, 5) is 6.39. The van der Waals surface area contributed by atoms with Crippen LogP contribution in [0.15, 0.2) is 22.9 Å². The highest BCUT2D eigenvalue weighted by atomic mass is 79.9. The lowest BCUT2D eigenvalue weighted by atomic mass is 10.3. The molecular weight excluding hydrogens is 244 g/mol. The Hall–Kier alpha value is -0.610. The number of halogens is 1. The predicted molar refractivity (Wildman–Crippen MR) is 59.6 cm³/mol. The van der Waals surface area contributed by atoms with E-state index in [9.17, 15) is 0 Å². The second-order valence-electron chi connectivity index (χ2n) is 3.28. The van der Waals surface area contributed by atoms with Gasteiger partial charge in [0, 0.05) is 32.1 Å². The Bertz CT molecular complexity index is 298. The number of rotatable bonds is 1. The maximum Gasteiger partial charge on any atom is 0.0641 e. The first-order valence-corrected chi connectivity index (χ1v) is 5.59. The molecule has 1 saturated heterocycles. The van der Waals surface area contributed by atoms with Crippen molar-refractivity contribution in [2.24, 2.45) is 0 Å². The minimum atomic E-state index is 0.814. The Morgan fingerprint density at radius 3 is 3.14 bits per heavy atom. The van der Waals surface area contributed by atoms with E-state index in [0.717, 1.165) is 37.2 Å². The second kappa shape index (κ2) is 4.75. The number of hydrogen-bond acceptors (Lipinski definition) is 3. The van der Waals surface area contributed by atoms with Gasteiger partial charge in [0.25, 0.3) is 0 Å². The molecule has 4 heteroatoms. The zero-order valence-electron chi connectivity index (χ0n) is 7.95. The zero-order valence-corrected chi connectivity index (χ0v) is 9.53. The molecule has 14 heavy (non-hydrogen) atoms. The van der Waals surface area contributed by atoms with Crippen molar-refractivity contribution >= 4 is 21.6 Å². The van der Waals surface area contributed by atoms with Gasteiger partial charge in [-0.15, -0.1) is 0 Å². The normalized spacial score (nSPS) is 17.9. The van der Waals surface area contributed by atoms with Gasteiger partial charge in [-0.1, -0.05) is 0 Å². The number of anilines is 1. The zero-order chi connectivity index (χ0) is 9.80. The monoisotopic (exact) mass is 256 g/mol. The van der Waals surface area contributed by atoms with E-state index in [1.54, 1.807) is 0 Å². The van der Waals surface area contributed by atoms with E-state index < -0.39 is 0 Å². The maximum atomic E-state index is 5.41. The van der Waals surface area contributed by atoms with Crippen LogP contribution in [0.4, 0.5) is 5.69 Å². The molecule has 0 amide bonds. The summed E-state index contributed by atoms with van der Waals surface area (Å²) in [6.07, 6.45) is 4.75. The molecule has 0 bridgehead atoms. The van der Waals surface area contributed by atoms with Crippen LogP contribution in [0.25, 0.3) is 0 Å². The number of pyridine rings is 1. The maximum absolute atomic E-state index is 5.41. The molecule has 0 saturated carbocycles. The van der Waals surface area contributed by atoms with E-state index in [4.69, 9.17) is 4.74 Å². The third-order valence-electron chi connectivity index (χ3n) is 2.31. The third kappa shape index (κ3) is 2.25. The highest BCUT2D eigenvalue weighted by Gasteiger charge is 2.11. The molecule has 0 aliphatic carbocycles. The Morgan fingerprint density at radius 1 is 1.36 bits per heavy atom. The SMILES string of the molecule is Brc1cnccc1N1CCCOCC1. The predicted octanol–water partition coefficient (Wildman–Crippen LogP) is 2.07. The van der Waals surface area contributed by atoms with Crippen molar-refractivity contribution in [1.82, 2.24) is 4.98 Å². The molecule has 3 nitrogen and oxygen atoms in total. The van der Waals surface area contributed by atoms with E-state index in [1.165, 1.54) is 5.69 Å². The van der Waals surface area contributed by atoms with Crippen molar-refractivity contribution in [3.05, 3.63) is 22.9 Å². The van der Waals surface area contributed by atoms with Gasteiger partial charge < -0.3 is 9.64 Å². The smallest absolute Gasteiger partial charge is 0.0641 e. The molecule has 0 N–H and O–H groups in total. The van der Waals surface area contributed by atoms with E-state index >= 15 is 0 Å². The summed E-state index contributed by atoms with van der Waals surface area (Å²) in [5.41, 5.74) is 1.21. The van der Waals surface area contributed by atoms with Crippen LogP contribution in [0.2, 0.25) is 0 Å². The largest absolute Gasteiger partial charge is 0.380 e. The minimum absolute atomic E-state index is 0.814. The molecule has 0 radical (unpaired) electrons. The highest BCUT2D eigenvalue weighted by Crippen LogP contribution is 2.25. The van der Waals surface area contributed by atoms with Gasteiger partial charge in [-0.3, -0.25) is 4.98 Å². The fourth-order valence-corrected chi connectivity index (χ4v) is 2.11. The van der Waals surface area contributed by atoms with Gasteiger partial charge >= 0.3 is 0 Å². The highest BCUT2D eigenvalue weighted by molar-refractivity contribution is 9.10.